The quantitative estimate of drug-likeness (QED) is 0.121. The lowest BCUT2D eigenvalue weighted by Crippen LogP contribution is -2.39. The molecule has 8 heterocycles. The molecule has 0 bridgehead atoms. The molecule has 1 atom stereocenters. The summed E-state index contributed by atoms with van der Waals surface area (Å²) in [6.07, 6.45) is 25.3. The summed E-state index contributed by atoms with van der Waals surface area (Å²) >= 11 is 0. The molecule has 0 saturated carbocycles. The van der Waals surface area contributed by atoms with Crippen molar-refractivity contribution in [2.45, 2.75) is 37.8 Å². The zero-order valence-corrected chi connectivity index (χ0v) is 39.3. The molecule has 2 saturated heterocycles. The van der Waals surface area contributed by atoms with Gasteiger partial charge in [-0.2, -0.15) is 29.0 Å². The maximum Gasteiger partial charge on any atom is 0.235 e. The molecule has 2 aliphatic heterocycles. The van der Waals surface area contributed by atoms with Crippen molar-refractivity contribution >= 4 is 20.0 Å². The van der Waals surface area contributed by atoms with Gasteiger partial charge in [-0.1, -0.05) is 49.6 Å². The first-order chi connectivity index (χ1) is 32.8. The van der Waals surface area contributed by atoms with Crippen LogP contribution in [-0.2, 0) is 34.1 Å². The summed E-state index contributed by atoms with van der Waals surface area (Å²) in [5.41, 5.74) is 9.60. The largest absolute Gasteiger partial charge is 0.275 e. The Morgan fingerprint density at radius 3 is 1.37 bits per heavy atom. The average Bonchev–Trinajstić information content (AvgIpc) is 4.24. The average molecular weight is 951 g/mol. The van der Waals surface area contributed by atoms with Crippen molar-refractivity contribution < 1.29 is 16.8 Å². The van der Waals surface area contributed by atoms with Crippen molar-refractivity contribution in [3.8, 4) is 67.3 Å². The fourth-order valence-corrected chi connectivity index (χ4v) is 10.3. The highest BCUT2D eigenvalue weighted by Crippen LogP contribution is 2.30. The Hall–Kier alpha value is -7.26. The zero-order chi connectivity index (χ0) is 47.4. The van der Waals surface area contributed by atoms with Crippen LogP contribution in [0.2, 0.25) is 0 Å². The number of nitrogens with zero attached hydrogens (tertiary/aromatic N) is 14. The molecule has 1 unspecified atom stereocenters. The van der Waals surface area contributed by atoms with Gasteiger partial charge in [0.1, 0.15) is 0 Å². The van der Waals surface area contributed by atoms with E-state index in [9.17, 15) is 16.8 Å². The number of sulfonamides is 2. The number of aromatic nitrogens is 12. The first-order valence-electron chi connectivity index (χ1n) is 22.0. The molecule has 348 valence electrons. The lowest BCUT2D eigenvalue weighted by atomic mass is 10.1. The second-order valence-corrected chi connectivity index (χ2v) is 20.4. The Bertz CT molecular complexity index is 3280. The van der Waals surface area contributed by atoms with Crippen LogP contribution >= 0.6 is 0 Å². The maximum atomic E-state index is 12.2. The summed E-state index contributed by atoms with van der Waals surface area (Å²) in [7, 11) is -3.00. The van der Waals surface area contributed by atoms with Gasteiger partial charge in [-0.05, 0) is 48.9 Å². The van der Waals surface area contributed by atoms with Gasteiger partial charge in [0.15, 0.2) is 11.6 Å². The zero-order valence-electron chi connectivity index (χ0n) is 37.6. The number of benzene rings is 2. The standard InChI is InChI=1S/2C24H25N7O2S/c1-3-34(32,33)30-9-5-8-23(17-30)31-16-22(14-28-31)20-11-25-24(26-12-20)19-7-4-6-18(10-19)21-13-27-29(2)15-21;1-3-34(32,33)30-9-7-23(8-10-30)31-17-22(15-28-31)20-12-25-24(26-13-20)19-6-4-5-18(11-19)21-14-27-29(2)16-21/h3-4,6-7,10-16,23H,1,5,8-9,17H2,2H3;3-6,11-17,23H,1,7-10H2,2H3. The highest BCUT2D eigenvalue weighted by Gasteiger charge is 2.29. The Morgan fingerprint density at radius 1 is 0.485 bits per heavy atom. The molecular formula is C48H50N14O4S2. The van der Waals surface area contributed by atoms with Gasteiger partial charge < -0.3 is 0 Å². The van der Waals surface area contributed by atoms with E-state index in [1.165, 1.54) is 8.61 Å². The molecule has 2 aromatic carbocycles. The van der Waals surface area contributed by atoms with Gasteiger partial charge in [0, 0.05) is 145 Å². The van der Waals surface area contributed by atoms with Crippen molar-refractivity contribution in [1.82, 2.24) is 67.7 Å². The number of hydrogen-bond donors (Lipinski definition) is 0. The maximum absolute atomic E-state index is 12.2. The summed E-state index contributed by atoms with van der Waals surface area (Å²) in [6.45, 7) is 8.66. The molecule has 10 rings (SSSR count). The van der Waals surface area contributed by atoms with Gasteiger partial charge in [0.25, 0.3) is 0 Å². The monoisotopic (exact) mass is 950 g/mol. The molecule has 0 amide bonds. The van der Waals surface area contributed by atoms with Gasteiger partial charge in [-0.25, -0.2) is 36.8 Å². The molecule has 2 aliphatic rings. The second kappa shape index (κ2) is 19.5. The van der Waals surface area contributed by atoms with Crippen LogP contribution in [0, 0.1) is 0 Å². The van der Waals surface area contributed by atoms with E-state index in [2.05, 4.69) is 65.6 Å². The van der Waals surface area contributed by atoms with Crippen LogP contribution in [0.4, 0.5) is 0 Å². The van der Waals surface area contributed by atoms with Crippen LogP contribution < -0.4 is 0 Å². The third kappa shape index (κ3) is 10.2. The highest BCUT2D eigenvalue weighted by atomic mass is 32.2. The Balaban J connectivity index is 0.000000170. The van der Waals surface area contributed by atoms with Crippen LogP contribution in [0.5, 0.6) is 0 Å². The Morgan fingerprint density at radius 2 is 0.912 bits per heavy atom. The first kappa shape index (κ1) is 45.9. The minimum Gasteiger partial charge on any atom is -0.275 e. The van der Waals surface area contributed by atoms with Gasteiger partial charge in [0.2, 0.25) is 20.0 Å². The van der Waals surface area contributed by atoms with Crippen LogP contribution in [-0.4, -0.2) is 111 Å². The van der Waals surface area contributed by atoms with Crippen molar-refractivity contribution in [1.29, 1.82) is 0 Å². The predicted octanol–water partition coefficient (Wildman–Crippen LogP) is 7.04. The molecule has 8 aromatic rings. The van der Waals surface area contributed by atoms with Crippen LogP contribution in [0.3, 0.4) is 0 Å². The van der Waals surface area contributed by atoms with Crippen molar-refractivity contribution in [2.75, 3.05) is 26.2 Å². The minimum atomic E-state index is -3.43. The lowest BCUT2D eigenvalue weighted by molar-refractivity contribution is 0.256. The van der Waals surface area contributed by atoms with E-state index >= 15 is 0 Å². The van der Waals surface area contributed by atoms with E-state index in [0.29, 0.717) is 50.7 Å². The number of hydrogen-bond acceptors (Lipinski definition) is 12. The van der Waals surface area contributed by atoms with Crippen LogP contribution in [0.1, 0.15) is 37.8 Å². The third-order valence-corrected chi connectivity index (χ3v) is 15.1. The molecule has 68 heavy (non-hydrogen) atoms. The Labute approximate surface area is 395 Å². The summed E-state index contributed by atoms with van der Waals surface area (Å²) < 4.78 is 58.5. The number of rotatable bonds is 12. The van der Waals surface area contributed by atoms with Crippen molar-refractivity contribution in [3.63, 3.8) is 0 Å². The van der Waals surface area contributed by atoms with Crippen molar-refractivity contribution in [2.24, 2.45) is 14.1 Å². The van der Waals surface area contributed by atoms with E-state index in [4.69, 9.17) is 0 Å². The van der Waals surface area contributed by atoms with Gasteiger partial charge in [-0.3, -0.25) is 18.7 Å². The number of aryl methyl sites for hydroxylation is 2. The molecule has 0 spiro atoms. The molecule has 0 radical (unpaired) electrons. The molecule has 18 nitrogen and oxygen atoms in total. The summed E-state index contributed by atoms with van der Waals surface area (Å²) in [6, 6.07) is 16.3. The van der Waals surface area contributed by atoms with E-state index in [1.807, 2.05) is 97.0 Å². The molecule has 6 aromatic heterocycles. The fraction of sp³-hybridized carbons (Fsp3) is 0.250. The Kier molecular flexibility index (Phi) is 13.2. The number of piperidine rings is 2. The van der Waals surface area contributed by atoms with Crippen LogP contribution in [0.25, 0.3) is 67.3 Å². The topological polar surface area (TPSA) is 198 Å². The molecule has 0 aliphatic carbocycles. The smallest absolute Gasteiger partial charge is 0.235 e. The minimum absolute atomic E-state index is 0.0207. The van der Waals surface area contributed by atoms with Gasteiger partial charge in [-0.15, -0.1) is 0 Å². The third-order valence-electron chi connectivity index (χ3n) is 12.2. The molecule has 2 fully saturated rings. The highest BCUT2D eigenvalue weighted by molar-refractivity contribution is 7.92. The summed E-state index contributed by atoms with van der Waals surface area (Å²) in [4.78, 5) is 18.3. The van der Waals surface area contributed by atoms with E-state index in [-0.39, 0.29) is 12.1 Å². The van der Waals surface area contributed by atoms with E-state index in [1.54, 1.807) is 46.5 Å². The first-order valence-corrected chi connectivity index (χ1v) is 25.0. The van der Waals surface area contributed by atoms with E-state index in [0.717, 1.165) is 79.3 Å². The van der Waals surface area contributed by atoms with Gasteiger partial charge in [0.05, 0.1) is 36.9 Å². The lowest BCUT2D eigenvalue weighted by Gasteiger charge is -2.31. The molecular weight excluding hydrogens is 901 g/mol. The fourth-order valence-electron chi connectivity index (χ4n) is 8.38. The molecule has 0 N–H and O–H groups in total. The summed E-state index contributed by atoms with van der Waals surface area (Å²) in [5.74, 6) is 1.29. The van der Waals surface area contributed by atoms with Crippen LogP contribution in [0.15, 0.2) is 147 Å². The second-order valence-electron chi connectivity index (χ2n) is 16.7. The molecule has 20 heteroatoms. The van der Waals surface area contributed by atoms with Gasteiger partial charge >= 0.3 is 0 Å². The SMILES string of the molecule is C=CS(=O)(=O)N1CCC(n2cc(-c3cnc(-c4cccc(-c5cnn(C)c5)c4)nc3)cn2)CC1.C=CS(=O)(=O)N1CCCC(n2cc(-c3cnc(-c4cccc(-c5cnn(C)c5)c4)nc3)cn2)C1. The van der Waals surface area contributed by atoms with Crippen molar-refractivity contribution in [3.05, 3.63) is 147 Å². The summed E-state index contributed by atoms with van der Waals surface area (Å²) in [5, 5.41) is 19.5. The predicted molar refractivity (Wildman–Crippen MR) is 260 cm³/mol. The van der Waals surface area contributed by atoms with E-state index < -0.39 is 20.0 Å². The normalized spacial score (nSPS) is 16.2.